The summed E-state index contributed by atoms with van der Waals surface area (Å²) in [7, 11) is 0. The summed E-state index contributed by atoms with van der Waals surface area (Å²) in [6.45, 7) is 7.71. The van der Waals surface area contributed by atoms with Crippen molar-refractivity contribution in [1.82, 2.24) is 0 Å². The fraction of sp³-hybridized carbons (Fsp3) is 0.190. The molecule has 0 atom stereocenters. The zero-order chi connectivity index (χ0) is 17.4. The lowest BCUT2D eigenvalue weighted by atomic mass is 10.1. The van der Waals surface area contributed by atoms with Crippen molar-refractivity contribution in [3.63, 3.8) is 0 Å². The van der Waals surface area contributed by atoms with Crippen LogP contribution in [0.15, 0.2) is 72.8 Å². The summed E-state index contributed by atoms with van der Waals surface area (Å²) < 4.78 is 10.7. The third kappa shape index (κ3) is 5.13. The molecule has 0 heterocycles. The molecule has 0 fully saturated rings. The van der Waals surface area contributed by atoms with Crippen molar-refractivity contribution in [3.05, 3.63) is 78.4 Å². The van der Waals surface area contributed by atoms with Crippen LogP contribution in [0.25, 0.3) is 10.8 Å². The van der Waals surface area contributed by atoms with Gasteiger partial charge in [0.1, 0.15) is 19.0 Å². The molecule has 0 saturated heterocycles. The van der Waals surface area contributed by atoms with Gasteiger partial charge in [0.25, 0.3) is 0 Å². The highest BCUT2D eigenvalue weighted by molar-refractivity contribution is 5.87. The number of esters is 1. The van der Waals surface area contributed by atoms with Crippen LogP contribution in [0.1, 0.15) is 12.5 Å². The minimum atomic E-state index is -0.399. The SMILES string of the molecule is C=C(C)C(=O)OCCOc1ccccc2ccccc2c(C)cc1. The summed E-state index contributed by atoms with van der Waals surface area (Å²) in [5.41, 5.74) is 1.54. The van der Waals surface area contributed by atoms with Gasteiger partial charge < -0.3 is 9.47 Å². The van der Waals surface area contributed by atoms with Gasteiger partial charge in [-0.15, -0.1) is 0 Å². The Bertz CT molecular complexity index is 792. The van der Waals surface area contributed by atoms with Crippen LogP contribution in [0.2, 0.25) is 0 Å². The first-order valence-electron chi connectivity index (χ1n) is 7.86. The number of aryl methyl sites for hydroxylation is 1. The van der Waals surface area contributed by atoms with Crippen LogP contribution in [0.4, 0.5) is 0 Å². The number of rotatable bonds is 5. The summed E-state index contributed by atoms with van der Waals surface area (Å²) in [6.07, 6.45) is 0. The number of ether oxygens (including phenoxy) is 2. The average molecular weight is 322 g/mol. The molecule has 0 N–H and O–H groups in total. The summed E-state index contributed by atoms with van der Waals surface area (Å²) in [5.74, 6) is 0.314. The second kappa shape index (κ2) is 8.73. The van der Waals surface area contributed by atoms with E-state index in [-0.39, 0.29) is 6.61 Å². The molecule has 3 nitrogen and oxygen atoms in total. The van der Waals surface area contributed by atoms with Crippen molar-refractivity contribution < 1.29 is 14.3 Å². The highest BCUT2D eigenvalue weighted by atomic mass is 16.6. The first kappa shape index (κ1) is 17.5. The lowest BCUT2D eigenvalue weighted by Crippen LogP contribution is -2.12. The Balaban J connectivity index is 2.15. The highest BCUT2D eigenvalue weighted by Gasteiger charge is 2.02. The monoisotopic (exact) mass is 322 g/mol. The van der Waals surface area contributed by atoms with E-state index in [9.17, 15) is 4.79 Å². The van der Waals surface area contributed by atoms with Crippen LogP contribution >= 0.6 is 0 Å². The van der Waals surface area contributed by atoms with Gasteiger partial charge in [-0.2, -0.15) is 0 Å². The standard InChI is InChI=1S/C21H22O3/c1-16(2)21(22)24-15-14-23-19-10-6-4-8-18-9-5-7-11-20(18)17(3)12-13-19/h4-13H,1,14-15H2,2-3H3. The molecule has 2 aromatic carbocycles. The van der Waals surface area contributed by atoms with E-state index in [1.165, 1.54) is 10.8 Å². The number of carbonyl (C=O) groups excluding carboxylic acids is 1. The van der Waals surface area contributed by atoms with Crippen LogP contribution < -0.4 is 4.74 Å². The molecule has 0 unspecified atom stereocenters. The van der Waals surface area contributed by atoms with Crippen molar-refractivity contribution in [3.8, 4) is 5.75 Å². The quantitative estimate of drug-likeness (QED) is 0.452. The average Bonchev–Trinajstić information content (AvgIpc) is 2.58. The minimum Gasteiger partial charge on any atom is -0.490 e. The number of benzene rings is 1. The maximum Gasteiger partial charge on any atom is 0.333 e. The van der Waals surface area contributed by atoms with Crippen molar-refractivity contribution in [2.24, 2.45) is 0 Å². The fourth-order valence-corrected chi connectivity index (χ4v) is 2.18. The second-order valence-corrected chi connectivity index (χ2v) is 5.49. The van der Waals surface area contributed by atoms with E-state index >= 15 is 0 Å². The van der Waals surface area contributed by atoms with Gasteiger partial charge >= 0.3 is 5.97 Å². The first-order valence-corrected chi connectivity index (χ1v) is 7.86. The summed E-state index contributed by atoms with van der Waals surface area (Å²) in [5, 5.41) is 2.37. The first-order chi connectivity index (χ1) is 11.6. The van der Waals surface area contributed by atoms with Gasteiger partial charge in [0.2, 0.25) is 0 Å². The molecule has 124 valence electrons. The van der Waals surface area contributed by atoms with Gasteiger partial charge in [0, 0.05) is 5.57 Å². The molecule has 2 rings (SSSR count). The molecule has 3 heteroatoms. The Morgan fingerprint density at radius 2 is 1.62 bits per heavy atom. The molecule has 0 aliphatic rings. The molecular weight excluding hydrogens is 300 g/mol. The zero-order valence-corrected chi connectivity index (χ0v) is 14.1. The van der Waals surface area contributed by atoms with Crippen molar-refractivity contribution in [2.75, 3.05) is 13.2 Å². The third-order valence-corrected chi connectivity index (χ3v) is 3.46. The number of carbonyl (C=O) groups is 1. The second-order valence-electron chi connectivity index (χ2n) is 5.49. The van der Waals surface area contributed by atoms with Gasteiger partial charge in [-0.05, 0) is 42.3 Å². The van der Waals surface area contributed by atoms with E-state index in [0.29, 0.717) is 17.9 Å². The largest absolute Gasteiger partial charge is 0.490 e. The Morgan fingerprint density at radius 1 is 0.958 bits per heavy atom. The number of fused-ring (bicyclic) bond motifs is 1. The molecule has 0 amide bonds. The predicted octanol–water partition coefficient (Wildman–Crippen LogP) is 4.77. The molecule has 0 radical (unpaired) electrons. The summed E-state index contributed by atoms with van der Waals surface area (Å²) in [6, 6.07) is 20.1. The topological polar surface area (TPSA) is 35.5 Å². The molecular formula is C21H22O3. The van der Waals surface area contributed by atoms with Crippen LogP contribution in [-0.2, 0) is 9.53 Å². The maximum absolute atomic E-state index is 11.3. The lowest BCUT2D eigenvalue weighted by Gasteiger charge is -2.06. The van der Waals surface area contributed by atoms with E-state index in [0.717, 1.165) is 5.56 Å². The summed E-state index contributed by atoms with van der Waals surface area (Å²) in [4.78, 5) is 11.3. The fourth-order valence-electron chi connectivity index (χ4n) is 2.18. The molecule has 24 heavy (non-hydrogen) atoms. The number of hydrogen-bond donors (Lipinski definition) is 0. The van der Waals surface area contributed by atoms with E-state index < -0.39 is 5.97 Å². The normalized spacial score (nSPS) is 9.92. The van der Waals surface area contributed by atoms with Gasteiger partial charge in [0.05, 0.1) is 0 Å². The molecule has 0 aliphatic heterocycles. The van der Waals surface area contributed by atoms with Crippen molar-refractivity contribution >= 4 is 16.7 Å². The molecule has 0 saturated carbocycles. The lowest BCUT2D eigenvalue weighted by molar-refractivity contribution is -0.139. The van der Waals surface area contributed by atoms with Crippen molar-refractivity contribution in [2.45, 2.75) is 13.8 Å². The Hall–Kier alpha value is -2.81. The zero-order valence-electron chi connectivity index (χ0n) is 14.1. The van der Waals surface area contributed by atoms with Gasteiger partial charge in [-0.25, -0.2) is 4.79 Å². The predicted molar refractivity (Wildman–Crippen MR) is 97.6 cm³/mol. The van der Waals surface area contributed by atoms with Crippen molar-refractivity contribution in [1.29, 1.82) is 0 Å². The molecule has 0 aliphatic carbocycles. The Morgan fingerprint density at radius 3 is 2.33 bits per heavy atom. The Labute approximate surface area is 142 Å². The van der Waals surface area contributed by atoms with Crippen LogP contribution in [0.5, 0.6) is 5.75 Å². The van der Waals surface area contributed by atoms with E-state index in [1.807, 2.05) is 42.5 Å². The minimum absolute atomic E-state index is 0.193. The Kier molecular flexibility index (Phi) is 6.38. The van der Waals surface area contributed by atoms with Crippen LogP contribution in [0, 0.1) is 6.92 Å². The molecule has 0 spiro atoms. The van der Waals surface area contributed by atoms with Gasteiger partial charge in [0.15, 0.2) is 0 Å². The van der Waals surface area contributed by atoms with Crippen LogP contribution in [-0.4, -0.2) is 19.2 Å². The van der Waals surface area contributed by atoms with Gasteiger partial charge in [-0.3, -0.25) is 0 Å². The summed E-state index contributed by atoms with van der Waals surface area (Å²) >= 11 is 0. The molecule has 0 aromatic heterocycles. The number of hydrogen-bond acceptors (Lipinski definition) is 3. The van der Waals surface area contributed by atoms with Gasteiger partial charge in [-0.1, -0.05) is 55.1 Å². The molecule has 0 bridgehead atoms. The van der Waals surface area contributed by atoms with Crippen LogP contribution in [0.3, 0.4) is 0 Å². The highest BCUT2D eigenvalue weighted by Crippen LogP contribution is 2.16. The smallest absolute Gasteiger partial charge is 0.333 e. The maximum atomic E-state index is 11.3. The van der Waals surface area contributed by atoms with E-state index in [4.69, 9.17) is 9.47 Å². The molecule has 2 aromatic rings. The third-order valence-electron chi connectivity index (χ3n) is 3.46. The van der Waals surface area contributed by atoms with E-state index in [2.05, 4.69) is 31.7 Å². The van der Waals surface area contributed by atoms with E-state index in [1.54, 1.807) is 6.92 Å².